The van der Waals surface area contributed by atoms with E-state index in [0.29, 0.717) is 28.4 Å². The lowest BCUT2D eigenvalue weighted by molar-refractivity contribution is -0.156. The summed E-state index contributed by atoms with van der Waals surface area (Å²) >= 11 is 1.09. The Labute approximate surface area is 389 Å². The first kappa shape index (κ1) is 44.6. The second kappa shape index (κ2) is 18.3. The fraction of sp³-hybridized carbons (Fsp3) is 0.255. The second-order valence-electron chi connectivity index (χ2n) is 17.4. The van der Waals surface area contributed by atoms with Gasteiger partial charge in [-0.1, -0.05) is 157 Å². The Morgan fingerprint density at radius 2 is 1.12 bits per heavy atom. The van der Waals surface area contributed by atoms with Crippen LogP contribution in [0.25, 0.3) is 10.3 Å². The number of aromatic nitrogens is 3. The lowest BCUT2D eigenvalue weighted by atomic mass is 9.77. The number of hydrogen-bond donors (Lipinski definition) is 2. The molecule has 2 unspecified atom stereocenters. The SMILES string of the molecule is COc1ccc(C(Nc2nc(C)c3sc(=O)n(C4O[C@H]([C@H](C)O)CC4C(C)(C)OC(c4ccccc4)(c4ccccc4)c4ccc(OC)cc4)c3n2)(c2ccccc2)c2ccccc2)cc1. The van der Waals surface area contributed by atoms with E-state index in [2.05, 4.69) is 67.7 Å². The summed E-state index contributed by atoms with van der Waals surface area (Å²) in [6, 6.07) is 56.7. The number of benzene rings is 6. The Kier molecular flexibility index (Phi) is 12.4. The van der Waals surface area contributed by atoms with Crippen LogP contribution in [0.3, 0.4) is 0 Å². The van der Waals surface area contributed by atoms with Gasteiger partial charge in [-0.25, -0.2) is 4.98 Å². The van der Waals surface area contributed by atoms with Crippen LogP contribution >= 0.6 is 11.3 Å². The molecule has 0 spiro atoms. The number of aliphatic hydroxyl groups is 1. The maximum atomic E-state index is 14.6. The average Bonchev–Trinajstić information content (AvgIpc) is 3.96. The third-order valence-corrected chi connectivity index (χ3v) is 14.0. The number of fused-ring (bicyclic) bond motifs is 1. The lowest BCUT2D eigenvalue weighted by Crippen LogP contribution is -2.47. The number of aliphatic hydroxyl groups excluding tert-OH is 1. The molecule has 8 aromatic rings. The second-order valence-corrected chi connectivity index (χ2v) is 18.3. The van der Waals surface area contributed by atoms with Crippen LogP contribution in [-0.4, -0.2) is 51.7 Å². The Morgan fingerprint density at radius 1 is 0.682 bits per heavy atom. The number of anilines is 1. The van der Waals surface area contributed by atoms with Crippen LogP contribution in [0, 0.1) is 12.8 Å². The van der Waals surface area contributed by atoms with Crippen LogP contribution in [0.4, 0.5) is 5.95 Å². The van der Waals surface area contributed by atoms with E-state index in [0.717, 1.165) is 56.2 Å². The molecule has 10 nitrogen and oxygen atoms in total. The van der Waals surface area contributed by atoms with E-state index in [4.69, 9.17) is 28.9 Å². The van der Waals surface area contributed by atoms with Gasteiger partial charge in [-0.05, 0) is 91.8 Å². The van der Waals surface area contributed by atoms with Gasteiger partial charge in [-0.3, -0.25) is 9.36 Å². The Hall–Kier alpha value is -6.63. The third-order valence-electron chi connectivity index (χ3n) is 13.0. The van der Waals surface area contributed by atoms with Crippen LogP contribution in [0.15, 0.2) is 175 Å². The molecule has 0 saturated carbocycles. The minimum atomic E-state index is -1.12. The van der Waals surface area contributed by atoms with Crippen molar-refractivity contribution in [2.24, 2.45) is 5.92 Å². The number of rotatable bonds is 15. The molecule has 2 N–H and O–H groups in total. The average molecular weight is 899 g/mol. The molecule has 6 aromatic carbocycles. The van der Waals surface area contributed by atoms with E-state index in [1.807, 2.05) is 128 Å². The first-order valence-corrected chi connectivity index (χ1v) is 23.0. The predicted molar refractivity (Wildman–Crippen MR) is 260 cm³/mol. The number of nitrogens with one attached hydrogen (secondary N) is 1. The number of hydrogen-bond acceptors (Lipinski definition) is 10. The molecule has 1 saturated heterocycles. The zero-order valence-electron chi connectivity index (χ0n) is 37.9. The molecule has 66 heavy (non-hydrogen) atoms. The molecular weight excluding hydrogens is 845 g/mol. The van der Waals surface area contributed by atoms with Gasteiger partial charge in [0.2, 0.25) is 5.95 Å². The van der Waals surface area contributed by atoms with Gasteiger partial charge >= 0.3 is 4.87 Å². The molecule has 2 aromatic heterocycles. The van der Waals surface area contributed by atoms with Gasteiger partial charge in [0.25, 0.3) is 0 Å². The maximum absolute atomic E-state index is 14.6. The van der Waals surface area contributed by atoms with E-state index >= 15 is 0 Å². The summed E-state index contributed by atoms with van der Waals surface area (Å²) in [5.74, 6) is 1.31. The number of ether oxygens (including phenoxy) is 4. The van der Waals surface area contributed by atoms with Crippen molar-refractivity contribution < 1.29 is 24.1 Å². The largest absolute Gasteiger partial charge is 0.497 e. The number of methoxy groups -OCH3 is 2. The van der Waals surface area contributed by atoms with Crippen LogP contribution in [-0.2, 0) is 20.6 Å². The van der Waals surface area contributed by atoms with E-state index in [9.17, 15) is 9.90 Å². The predicted octanol–water partition coefficient (Wildman–Crippen LogP) is 10.7. The van der Waals surface area contributed by atoms with E-state index in [-0.39, 0.29) is 4.87 Å². The molecule has 11 heteroatoms. The van der Waals surface area contributed by atoms with Crippen LogP contribution in [0.5, 0.6) is 11.5 Å². The maximum Gasteiger partial charge on any atom is 0.311 e. The summed E-state index contributed by atoms with van der Waals surface area (Å²) < 4.78 is 28.1. The highest BCUT2D eigenvalue weighted by atomic mass is 32.1. The van der Waals surface area contributed by atoms with Gasteiger partial charge in [-0.15, -0.1) is 0 Å². The molecule has 0 bridgehead atoms. The lowest BCUT2D eigenvalue weighted by Gasteiger charge is -2.45. The standard InChI is InChI=1S/C55H54N4O6S/c1-36-48-49(57-51(56-36)58-54(38-19-11-7-12-20-38,39-21-13-8-14-22-39)40-27-31-44(62-5)32-28-40)59(52(61)66-48)50-46(35-47(64-50)37(2)60)53(3,4)65-55(41-23-15-9-16-24-41,42-25-17-10-18-26-42)43-29-33-45(63-6)34-30-43/h7-34,37,46-47,50,60H,35H2,1-6H3,(H,56,57,58)/t37-,46?,47-,50?/m0/s1. The highest BCUT2D eigenvalue weighted by Crippen LogP contribution is 2.51. The highest BCUT2D eigenvalue weighted by molar-refractivity contribution is 7.16. The summed E-state index contributed by atoms with van der Waals surface area (Å²) in [4.78, 5) is 24.7. The van der Waals surface area contributed by atoms with Crippen molar-refractivity contribution in [3.63, 3.8) is 0 Å². The minimum absolute atomic E-state index is 0.253. The van der Waals surface area contributed by atoms with Gasteiger partial charge < -0.3 is 29.4 Å². The van der Waals surface area contributed by atoms with Crippen LogP contribution < -0.4 is 19.7 Å². The molecule has 1 aliphatic heterocycles. The Bertz CT molecular complexity index is 2860. The summed E-state index contributed by atoms with van der Waals surface area (Å²) in [5, 5.41) is 15.0. The molecule has 1 fully saturated rings. The molecule has 0 radical (unpaired) electrons. The molecule has 4 atom stereocenters. The van der Waals surface area contributed by atoms with Gasteiger partial charge in [0.15, 0.2) is 5.65 Å². The van der Waals surface area contributed by atoms with Crippen molar-refractivity contribution in [3.05, 3.63) is 219 Å². The van der Waals surface area contributed by atoms with E-state index in [1.54, 1.807) is 25.7 Å². The van der Waals surface area contributed by atoms with Gasteiger partial charge in [0, 0.05) is 5.92 Å². The molecule has 336 valence electrons. The van der Waals surface area contributed by atoms with Crippen molar-refractivity contribution in [2.75, 3.05) is 19.5 Å². The minimum Gasteiger partial charge on any atom is -0.497 e. The van der Waals surface area contributed by atoms with Crippen molar-refractivity contribution in [1.29, 1.82) is 0 Å². The summed E-state index contributed by atoms with van der Waals surface area (Å²) in [5.41, 5.74) is 3.54. The summed E-state index contributed by atoms with van der Waals surface area (Å²) in [6.45, 7) is 7.73. The highest BCUT2D eigenvalue weighted by Gasteiger charge is 2.52. The zero-order valence-corrected chi connectivity index (χ0v) is 38.7. The number of thiazole rings is 1. The first-order chi connectivity index (χ1) is 32.0. The van der Waals surface area contributed by atoms with Gasteiger partial charge in [-0.2, -0.15) is 4.98 Å². The molecule has 3 heterocycles. The number of nitrogens with zero attached hydrogens (tertiary/aromatic N) is 3. The Balaban J connectivity index is 1.20. The fourth-order valence-corrected chi connectivity index (χ4v) is 10.5. The topological polar surface area (TPSA) is 117 Å². The van der Waals surface area contributed by atoms with E-state index < -0.39 is 41.1 Å². The quantitative estimate of drug-likeness (QED) is 0.0970. The van der Waals surface area contributed by atoms with Crippen LogP contribution in [0.2, 0.25) is 0 Å². The van der Waals surface area contributed by atoms with Crippen molar-refractivity contribution in [1.82, 2.24) is 14.5 Å². The fourth-order valence-electron chi connectivity index (χ4n) is 9.63. The molecule has 9 rings (SSSR count). The molecule has 0 amide bonds. The van der Waals surface area contributed by atoms with Crippen LogP contribution in [0.1, 0.15) is 72.5 Å². The Morgan fingerprint density at radius 3 is 1.59 bits per heavy atom. The summed E-state index contributed by atoms with van der Waals surface area (Å²) in [6.07, 6.45) is -1.91. The zero-order chi connectivity index (χ0) is 46.1. The molecule has 0 aliphatic carbocycles. The van der Waals surface area contributed by atoms with Crippen molar-refractivity contribution in [3.8, 4) is 11.5 Å². The van der Waals surface area contributed by atoms with Gasteiger partial charge in [0.05, 0.1) is 42.4 Å². The molecular formula is C55H54N4O6S. The first-order valence-electron chi connectivity index (χ1n) is 22.2. The third kappa shape index (κ3) is 8.06. The normalized spacial score (nSPS) is 17.1. The van der Waals surface area contributed by atoms with Crippen molar-refractivity contribution in [2.45, 2.75) is 69.3 Å². The molecule has 1 aliphatic rings. The smallest absolute Gasteiger partial charge is 0.311 e. The van der Waals surface area contributed by atoms with Gasteiger partial charge in [0.1, 0.15) is 28.9 Å². The van der Waals surface area contributed by atoms with Crippen molar-refractivity contribution >= 4 is 27.6 Å². The van der Waals surface area contributed by atoms with E-state index in [1.165, 1.54) is 0 Å². The number of aryl methyl sites for hydroxylation is 1. The summed E-state index contributed by atoms with van der Waals surface area (Å²) in [7, 11) is 3.31. The monoisotopic (exact) mass is 898 g/mol.